The zero-order valence-electron chi connectivity index (χ0n) is 14.8. The summed E-state index contributed by atoms with van der Waals surface area (Å²) in [5.41, 5.74) is 0.224. The van der Waals surface area contributed by atoms with Crippen molar-refractivity contribution in [3.8, 4) is 0 Å². The number of carbonyl (C=O) groups is 1. The van der Waals surface area contributed by atoms with E-state index in [0.29, 0.717) is 23.4 Å². The highest BCUT2D eigenvalue weighted by Crippen LogP contribution is 2.13. The molecule has 1 aliphatic rings. The van der Waals surface area contributed by atoms with Crippen molar-refractivity contribution >= 4 is 16.9 Å². The summed E-state index contributed by atoms with van der Waals surface area (Å²) in [4.78, 5) is 41.1. The van der Waals surface area contributed by atoms with Crippen LogP contribution in [0.3, 0.4) is 0 Å². The van der Waals surface area contributed by atoms with Crippen LogP contribution in [0.25, 0.3) is 11.0 Å². The topological polar surface area (TPSA) is 98.0 Å². The van der Waals surface area contributed by atoms with Gasteiger partial charge in [0.2, 0.25) is 0 Å². The lowest BCUT2D eigenvalue weighted by atomic mass is 10.1. The van der Waals surface area contributed by atoms with Crippen LogP contribution in [-0.2, 0) is 14.1 Å². The van der Waals surface area contributed by atoms with E-state index in [1.165, 1.54) is 11.6 Å². The Kier molecular flexibility index (Phi) is 4.71. The summed E-state index contributed by atoms with van der Waals surface area (Å²) < 4.78 is 2.34. The Hall–Kier alpha value is -2.48. The van der Waals surface area contributed by atoms with Crippen molar-refractivity contribution in [2.75, 3.05) is 19.6 Å². The van der Waals surface area contributed by atoms with Gasteiger partial charge in [0.15, 0.2) is 0 Å². The van der Waals surface area contributed by atoms with Gasteiger partial charge in [0.1, 0.15) is 11.3 Å². The summed E-state index contributed by atoms with van der Waals surface area (Å²) in [6.45, 7) is 4.36. The molecule has 8 heteroatoms. The highest BCUT2D eigenvalue weighted by molar-refractivity contribution is 5.95. The monoisotopic (exact) mass is 345 g/mol. The Bertz CT molecular complexity index is 938. The number of aryl methyl sites for hydroxylation is 2. The SMILES string of the molecule is Cc1cc(C(=O)NCCC2CCNC2)nc2c1c(=O)n(C)c(=O)n2C. The highest BCUT2D eigenvalue weighted by atomic mass is 16.2. The molecule has 3 heterocycles. The second-order valence-corrected chi connectivity index (χ2v) is 6.63. The Morgan fingerprint density at radius 3 is 2.80 bits per heavy atom. The molecule has 134 valence electrons. The number of aromatic nitrogens is 3. The van der Waals surface area contributed by atoms with Crippen molar-refractivity contribution in [2.45, 2.75) is 19.8 Å². The number of nitrogens with one attached hydrogen (secondary N) is 2. The van der Waals surface area contributed by atoms with E-state index in [2.05, 4.69) is 15.6 Å². The van der Waals surface area contributed by atoms with Gasteiger partial charge in [-0.25, -0.2) is 9.78 Å². The number of rotatable bonds is 4. The van der Waals surface area contributed by atoms with Crippen LogP contribution in [0.4, 0.5) is 0 Å². The molecule has 1 aliphatic heterocycles. The number of pyridine rings is 1. The van der Waals surface area contributed by atoms with Gasteiger partial charge in [-0.2, -0.15) is 0 Å². The predicted octanol–water partition coefficient (Wildman–Crippen LogP) is -0.330. The molecule has 1 amide bonds. The van der Waals surface area contributed by atoms with Gasteiger partial charge in [0, 0.05) is 20.6 Å². The Morgan fingerprint density at radius 2 is 2.12 bits per heavy atom. The van der Waals surface area contributed by atoms with Crippen LogP contribution >= 0.6 is 0 Å². The summed E-state index contributed by atoms with van der Waals surface area (Å²) in [7, 11) is 2.98. The van der Waals surface area contributed by atoms with Crippen molar-refractivity contribution in [3.05, 3.63) is 38.2 Å². The van der Waals surface area contributed by atoms with Crippen LogP contribution in [-0.4, -0.2) is 39.7 Å². The molecular formula is C17H23N5O3. The van der Waals surface area contributed by atoms with Gasteiger partial charge in [0.25, 0.3) is 11.5 Å². The second-order valence-electron chi connectivity index (χ2n) is 6.63. The first kappa shape index (κ1) is 17.3. The lowest BCUT2D eigenvalue weighted by molar-refractivity contribution is 0.0947. The zero-order valence-corrected chi connectivity index (χ0v) is 14.8. The van der Waals surface area contributed by atoms with E-state index >= 15 is 0 Å². The third-order valence-corrected chi connectivity index (χ3v) is 4.84. The minimum absolute atomic E-state index is 0.220. The van der Waals surface area contributed by atoms with E-state index < -0.39 is 11.2 Å². The lowest BCUT2D eigenvalue weighted by Gasteiger charge is -2.12. The standard InChI is InChI=1S/C17H23N5O3/c1-10-8-12(15(23)19-7-5-11-4-6-18-9-11)20-14-13(10)16(24)22(3)17(25)21(14)2/h8,11,18H,4-7,9H2,1-3H3,(H,19,23). The average molecular weight is 345 g/mol. The fraction of sp³-hybridized carbons (Fsp3) is 0.529. The molecule has 2 N–H and O–H groups in total. The van der Waals surface area contributed by atoms with Crippen molar-refractivity contribution in [2.24, 2.45) is 20.0 Å². The van der Waals surface area contributed by atoms with Crippen molar-refractivity contribution < 1.29 is 4.79 Å². The predicted molar refractivity (Wildman–Crippen MR) is 94.9 cm³/mol. The maximum Gasteiger partial charge on any atom is 0.332 e. The molecule has 2 aromatic rings. The van der Waals surface area contributed by atoms with E-state index in [1.54, 1.807) is 20.0 Å². The van der Waals surface area contributed by atoms with Crippen LogP contribution < -0.4 is 21.9 Å². The maximum atomic E-state index is 12.4. The minimum Gasteiger partial charge on any atom is -0.351 e. The van der Waals surface area contributed by atoms with Crippen LogP contribution in [0, 0.1) is 12.8 Å². The average Bonchev–Trinajstić information content (AvgIpc) is 3.10. The lowest BCUT2D eigenvalue weighted by Crippen LogP contribution is -2.38. The molecule has 2 aromatic heterocycles. The van der Waals surface area contributed by atoms with E-state index in [4.69, 9.17) is 0 Å². The number of hydrogen-bond acceptors (Lipinski definition) is 5. The summed E-state index contributed by atoms with van der Waals surface area (Å²) in [5, 5.41) is 6.54. The molecule has 1 fully saturated rings. The molecule has 0 bridgehead atoms. The summed E-state index contributed by atoms with van der Waals surface area (Å²) >= 11 is 0. The van der Waals surface area contributed by atoms with Gasteiger partial charge in [-0.1, -0.05) is 0 Å². The Labute approximate surface area is 144 Å². The van der Waals surface area contributed by atoms with E-state index in [0.717, 1.165) is 30.5 Å². The molecule has 25 heavy (non-hydrogen) atoms. The van der Waals surface area contributed by atoms with Crippen molar-refractivity contribution in [1.29, 1.82) is 0 Å². The maximum absolute atomic E-state index is 12.4. The molecule has 8 nitrogen and oxygen atoms in total. The molecule has 0 radical (unpaired) electrons. The first-order chi connectivity index (χ1) is 11.9. The number of carbonyl (C=O) groups excluding carboxylic acids is 1. The second kappa shape index (κ2) is 6.79. The largest absolute Gasteiger partial charge is 0.351 e. The number of amides is 1. The molecule has 0 saturated carbocycles. The first-order valence-electron chi connectivity index (χ1n) is 8.46. The fourth-order valence-electron chi connectivity index (χ4n) is 3.29. The molecule has 1 atom stereocenters. The van der Waals surface area contributed by atoms with Gasteiger partial charge >= 0.3 is 5.69 Å². The van der Waals surface area contributed by atoms with Gasteiger partial charge in [0.05, 0.1) is 5.39 Å². The zero-order chi connectivity index (χ0) is 18.1. The Morgan fingerprint density at radius 1 is 1.36 bits per heavy atom. The van der Waals surface area contributed by atoms with Gasteiger partial charge < -0.3 is 10.6 Å². The van der Waals surface area contributed by atoms with E-state index in [1.807, 2.05) is 0 Å². The molecule has 0 spiro atoms. The number of fused-ring (bicyclic) bond motifs is 1. The molecule has 3 rings (SSSR count). The first-order valence-corrected chi connectivity index (χ1v) is 8.46. The van der Waals surface area contributed by atoms with Gasteiger partial charge in [-0.3, -0.25) is 18.7 Å². The third kappa shape index (κ3) is 3.21. The van der Waals surface area contributed by atoms with Crippen molar-refractivity contribution in [1.82, 2.24) is 24.8 Å². The van der Waals surface area contributed by atoms with Gasteiger partial charge in [-0.15, -0.1) is 0 Å². The van der Waals surface area contributed by atoms with Crippen LogP contribution in [0.1, 0.15) is 28.9 Å². The molecule has 0 aliphatic carbocycles. The molecular weight excluding hydrogens is 322 g/mol. The summed E-state index contributed by atoms with van der Waals surface area (Å²) in [6, 6.07) is 1.60. The van der Waals surface area contributed by atoms with Crippen LogP contribution in [0.2, 0.25) is 0 Å². The summed E-state index contributed by atoms with van der Waals surface area (Å²) in [6.07, 6.45) is 2.05. The van der Waals surface area contributed by atoms with Crippen LogP contribution in [0.5, 0.6) is 0 Å². The number of hydrogen-bond donors (Lipinski definition) is 2. The van der Waals surface area contributed by atoms with E-state index in [9.17, 15) is 14.4 Å². The van der Waals surface area contributed by atoms with E-state index in [-0.39, 0.29) is 17.2 Å². The third-order valence-electron chi connectivity index (χ3n) is 4.84. The number of nitrogens with zero attached hydrogens (tertiary/aromatic N) is 3. The van der Waals surface area contributed by atoms with Crippen LogP contribution in [0.15, 0.2) is 15.7 Å². The smallest absolute Gasteiger partial charge is 0.332 e. The Balaban J connectivity index is 1.88. The molecule has 1 saturated heterocycles. The molecule has 1 unspecified atom stereocenters. The minimum atomic E-state index is -0.462. The normalized spacial score (nSPS) is 17.2. The van der Waals surface area contributed by atoms with Crippen molar-refractivity contribution in [3.63, 3.8) is 0 Å². The fourth-order valence-corrected chi connectivity index (χ4v) is 3.29. The summed E-state index contributed by atoms with van der Waals surface area (Å²) in [5.74, 6) is 0.305. The van der Waals surface area contributed by atoms with Gasteiger partial charge in [-0.05, 0) is 50.4 Å². The quantitative estimate of drug-likeness (QED) is 0.791. The molecule has 0 aromatic carbocycles. The highest BCUT2D eigenvalue weighted by Gasteiger charge is 2.18.